The Kier molecular flexibility index (Phi) is 7.26. The molecule has 1 amide bonds. The average molecular weight is 537 g/mol. The number of fused-ring (bicyclic) bond motifs is 1. The molecule has 2 aromatic heterocycles. The topological polar surface area (TPSA) is 89.5 Å². The maximum absolute atomic E-state index is 13.0. The summed E-state index contributed by atoms with van der Waals surface area (Å²) >= 11 is 0. The quantitative estimate of drug-likeness (QED) is 0.286. The predicted octanol–water partition coefficient (Wildman–Crippen LogP) is 5.46. The predicted molar refractivity (Wildman–Crippen MR) is 158 cm³/mol. The van der Waals surface area contributed by atoms with Gasteiger partial charge in [0, 0.05) is 43.0 Å². The molecule has 1 aliphatic heterocycles. The van der Waals surface area contributed by atoms with Crippen molar-refractivity contribution in [3.8, 4) is 22.6 Å². The summed E-state index contributed by atoms with van der Waals surface area (Å²) in [5, 5.41) is 0.865. The fraction of sp³-hybridized carbons (Fsp3) is 0.344. The first kappa shape index (κ1) is 26.1. The third-order valence-corrected chi connectivity index (χ3v) is 8.04. The Balaban J connectivity index is 1.28. The number of rotatable bonds is 9. The molecule has 2 aliphatic rings. The molecule has 1 aliphatic carbocycles. The van der Waals surface area contributed by atoms with Gasteiger partial charge in [0.15, 0.2) is 0 Å². The summed E-state index contributed by atoms with van der Waals surface area (Å²) in [6.07, 6.45) is 9.45. The van der Waals surface area contributed by atoms with Crippen molar-refractivity contribution in [2.45, 2.75) is 44.7 Å². The number of hydrogen-bond acceptors (Lipinski definition) is 6. The van der Waals surface area contributed by atoms with Gasteiger partial charge < -0.3 is 19.9 Å². The standard InChI is InChI=1S/C32H36N6O2/c1-3-27-29(22-11-15-26(16-12-22)40-25-8-5-4-6-9-25)30-31(33)34-21-35-32(30)38(27)24-17-19-37(20-24)28(39)10-7-18-36(2)23-13-14-23/h4-12,15-16,21,23-24H,3,13-14,17-20H2,1-2H3,(H2,33,34,35)/b10-7+. The largest absolute Gasteiger partial charge is 0.457 e. The van der Waals surface area contributed by atoms with Crippen molar-refractivity contribution in [3.63, 3.8) is 0 Å². The number of carbonyl (C=O) groups is 1. The minimum atomic E-state index is 0.0737. The molecule has 1 unspecified atom stereocenters. The second-order valence-corrected chi connectivity index (χ2v) is 10.7. The van der Waals surface area contributed by atoms with Crippen LogP contribution >= 0.6 is 0 Å². The van der Waals surface area contributed by atoms with E-state index in [1.54, 1.807) is 6.08 Å². The third-order valence-electron chi connectivity index (χ3n) is 8.04. The maximum Gasteiger partial charge on any atom is 0.246 e. The second kappa shape index (κ2) is 11.1. The van der Waals surface area contributed by atoms with Crippen molar-refractivity contribution < 1.29 is 9.53 Å². The van der Waals surface area contributed by atoms with Crippen LogP contribution in [0.1, 0.15) is 37.9 Å². The normalized spacial score (nSPS) is 17.4. The Labute approximate surface area is 235 Å². The molecule has 1 saturated heterocycles. The van der Waals surface area contributed by atoms with E-state index in [1.807, 2.05) is 53.4 Å². The van der Waals surface area contributed by atoms with E-state index in [-0.39, 0.29) is 11.9 Å². The van der Waals surface area contributed by atoms with Crippen LogP contribution in [0, 0.1) is 0 Å². The second-order valence-electron chi connectivity index (χ2n) is 10.7. The summed E-state index contributed by atoms with van der Waals surface area (Å²) in [5.74, 6) is 2.10. The lowest BCUT2D eigenvalue weighted by Crippen LogP contribution is -2.28. The number of nitrogens with zero attached hydrogens (tertiary/aromatic N) is 5. The lowest BCUT2D eigenvalue weighted by atomic mass is 10.0. The van der Waals surface area contributed by atoms with Crippen molar-refractivity contribution in [1.82, 2.24) is 24.3 Å². The van der Waals surface area contributed by atoms with E-state index in [2.05, 4.69) is 40.6 Å². The van der Waals surface area contributed by atoms with Crippen molar-refractivity contribution >= 4 is 22.8 Å². The third kappa shape index (κ3) is 5.19. The zero-order valence-electron chi connectivity index (χ0n) is 23.2. The molecule has 2 fully saturated rings. The number of likely N-dealkylation sites (N-methyl/N-ethyl adjacent to an activating group) is 1. The maximum atomic E-state index is 13.0. The Morgan fingerprint density at radius 3 is 2.55 bits per heavy atom. The number of para-hydroxylation sites is 1. The fourth-order valence-corrected chi connectivity index (χ4v) is 5.81. The van der Waals surface area contributed by atoms with Crippen molar-refractivity contribution in [3.05, 3.63) is 78.8 Å². The van der Waals surface area contributed by atoms with Gasteiger partial charge in [-0.25, -0.2) is 9.97 Å². The van der Waals surface area contributed by atoms with Crippen LogP contribution in [-0.4, -0.2) is 63.0 Å². The molecular weight excluding hydrogens is 500 g/mol. The van der Waals surface area contributed by atoms with Gasteiger partial charge in [-0.2, -0.15) is 0 Å². The van der Waals surface area contributed by atoms with E-state index in [4.69, 9.17) is 15.5 Å². The summed E-state index contributed by atoms with van der Waals surface area (Å²) in [6, 6.07) is 18.6. The molecule has 1 saturated carbocycles. The molecule has 2 N–H and O–H groups in total. The summed E-state index contributed by atoms with van der Waals surface area (Å²) in [4.78, 5) is 26.3. The van der Waals surface area contributed by atoms with Gasteiger partial charge in [-0.3, -0.25) is 9.69 Å². The molecule has 8 heteroatoms. The van der Waals surface area contributed by atoms with Crippen molar-refractivity contribution in [2.24, 2.45) is 0 Å². The monoisotopic (exact) mass is 536 g/mol. The molecule has 0 bridgehead atoms. The van der Waals surface area contributed by atoms with Gasteiger partial charge in [0.25, 0.3) is 0 Å². The zero-order valence-corrected chi connectivity index (χ0v) is 23.2. The SMILES string of the molecule is CCc1c(-c2ccc(Oc3ccccc3)cc2)c2c(N)ncnc2n1C1CCN(C(=O)/C=C/CN(C)C2CC2)C1. The molecular formula is C32H36N6O2. The molecule has 1 atom stereocenters. The first-order valence-corrected chi connectivity index (χ1v) is 14.2. The zero-order chi connectivity index (χ0) is 27.6. The van der Waals surface area contributed by atoms with Gasteiger partial charge in [-0.1, -0.05) is 43.3 Å². The molecule has 8 nitrogen and oxygen atoms in total. The minimum Gasteiger partial charge on any atom is -0.457 e. The Morgan fingerprint density at radius 1 is 1.07 bits per heavy atom. The number of hydrogen-bond donors (Lipinski definition) is 1. The van der Waals surface area contributed by atoms with E-state index >= 15 is 0 Å². The van der Waals surface area contributed by atoms with Gasteiger partial charge >= 0.3 is 0 Å². The first-order valence-electron chi connectivity index (χ1n) is 14.2. The highest BCUT2D eigenvalue weighted by Crippen LogP contribution is 2.41. The van der Waals surface area contributed by atoms with Crippen molar-refractivity contribution in [1.29, 1.82) is 0 Å². The highest BCUT2D eigenvalue weighted by Gasteiger charge is 2.32. The van der Waals surface area contributed by atoms with Crippen LogP contribution in [0.25, 0.3) is 22.2 Å². The number of benzene rings is 2. The molecule has 4 aromatic rings. The van der Waals surface area contributed by atoms with Crippen LogP contribution in [0.4, 0.5) is 5.82 Å². The van der Waals surface area contributed by atoms with E-state index < -0.39 is 0 Å². The number of ether oxygens (including phenoxy) is 1. The molecule has 6 rings (SSSR count). The Bertz CT molecular complexity index is 1520. The fourth-order valence-electron chi connectivity index (χ4n) is 5.81. The first-order chi connectivity index (χ1) is 19.5. The highest BCUT2D eigenvalue weighted by molar-refractivity contribution is 6.02. The van der Waals surface area contributed by atoms with Crippen LogP contribution < -0.4 is 10.5 Å². The smallest absolute Gasteiger partial charge is 0.246 e. The Hall–Kier alpha value is -4.17. The number of amides is 1. The van der Waals surface area contributed by atoms with E-state index in [1.165, 1.54) is 19.2 Å². The van der Waals surface area contributed by atoms with Crippen LogP contribution in [-0.2, 0) is 11.2 Å². The van der Waals surface area contributed by atoms with Gasteiger partial charge in [-0.15, -0.1) is 0 Å². The van der Waals surface area contributed by atoms with Crippen LogP contribution in [0.3, 0.4) is 0 Å². The van der Waals surface area contributed by atoms with E-state index in [9.17, 15) is 4.79 Å². The number of carbonyl (C=O) groups excluding carboxylic acids is 1. The molecule has 40 heavy (non-hydrogen) atoms. The van der Waals surface area contributed by atoms with Crippen molar-refractivity contribution in [2.75, 3.05) is 32.4 Å². The van der Waals surface area contributed by atoms with Gasteiger partial charge in [0.2, 0.25) is 5.91 Å². The van der Waals surface area contributed by atoms with Gasteiger partial charge in [0.05, 0.1) is 11.4 Å². The summed E-state index contributed by atoms with van der Waals surface area (Å²) in [5.41, 5.74) is 10.5. The summed E-state index contributed by atoms with van der Waals surface area (Å²) < 4.78 is 8.31. The number of anilines is 1. The van der Waals surface area contributed by atoms with Crippen LogP contribution in [0.15, 0.2) is 73.1 Å². The molecule has 0 radical (unpaired) electrons. The van der Waals surface area contributed by atoms with Gasteiger partial charge in [-0.05, 0) is 62.6 Å². The minimum absolute atomic E-state index is 0.0737. The van der Waals surface area contributed by atoms with Gasteiger partial charge in [0.1, 0.15) is 29.3 Å². The molecule has 206 valence electrons. The Morgan fingerprint density at radius 2 is 1.82 bits per heavy atom. The highest BCUT2D eigenvalue weighted by atomic mass is 16.5. The number of aromatic nitrogens is 3. The molecule has 0 spiro atoms. The number of nitrogens with two attached hydrogens (primary N) is 1. The summed E-state index contributed by atoms with van der Waals surface area (Å²) in [6.45, 7) is 4.33. The van der Waals surface area contributed by atoms with Crippen LogP contribution in [0.2, 0.25) is 0 Å². The van der Waals surface area contributed by atoms with E-state index in [0.717, 1.165) is 65.3 Å². The number of nitrogen functional groups attached to an aromatic ring is 1. The molecule has 3 heterocycles. The average Bonchev–Trinajstić information content (AvgIpc) is 3.61. The van der Waals surface area contributed by atoms with E-state index in [0.29, 0.717) is 18.4 Å². The van der Waals surface area contributed by atoms with Crippen LogP contribution in [0.5, 0.6) is 11.5 Å². The number of likely N-dealkylation sites (tertiary alicyclic amines) is 1. The lowest BCUT2D eigenvalue weighted by Gasteiger charge is -2.19. The molecule has 2 aromatic carbocycles. The lowest BCUT2D eigenvalue weighted by molar-refractivity contribution is -0.125. The summed E-state index contributed by atoms with van der Waals surface area (Å²) in [7, 11) is 2.12.